The van der Waals surface area contributed by atoms with Crippen molar-refractivity contribution in [3.63, 3.8) is 0 Å². The summed E-state index contributed by atoms with van der Waals surface area (Å²) in [5, 5.41) is 10.2. The molecule has 2 rings (SSSR count). The molecule has 2 nitrogen and oxygen atoms in total. The van der Waals surface area contributed by atoms with Crippen LogP contribution in [0.3, 0.4) is 0 Å². The maximum absolute atomic E-state index is 13.8. The lowest BCUT2D eigenvalue weighted by atomic mass is 9.81. The molecule has 0 bridgehead atoms. The standard InChI is InChI=1S/C15H19F4NO.ClH/c16-12-7-6-10(15(17,18)19)8-11(12)13(20)14(21)9-4-2-1-3-5-9;/h6-9,13-14,21H,1-5,20H2;1H/t13-,14+;/m1./s1. The van der Waals surface area contributed by atoms with Crippen LogP contribution in [0.2, 0.25) is 0 Å². The van der Waals surface area contributed by atoms with Crippen LogP contribution in [0.4, 0.5) is 17.6 Å². The molecular formula is C15H20ClF4NO. The van der Waals surface area contributed by atoms with Gasteiger partial charge in [0, 0.05) is 5.56 Å². The Hall–Kier alpha value is -0.850. The lowest BCUT2D eigenvalue weighted by molar-refractivity contribution is -0.137. The molecule has 0 spiro atoms. The second kappa shape index (κ2) is 7.62. The number of hydrogen-bond donors (Lipinski definition) is 2. The van der Waals surface area contributed by atoms with E-state index < -0.39 is 29.7 Å². The van der Waals surface area contributed by atoms with Crippen LogP contribution in [0.15, 0.2) is 18.2 Å². The molecule has 1 fully saturated rings. The van der Waals surface area contributed by atoms with Gasteiger partial charge in [0.1, 0.15) is 5.82 Å². The van der Waals surface area contributed by atoms with Crippen molar-refractivity contribution >= 4 is 12.4 Å². The highest BCUT2D eigenvalue weighted by Crippen LogP contribution is 2.35. The van der Waals surface area contributed by atoms with Gasteiger partial charge in [-0.3, -0.25) is 0 Å². The van der Waals surface area contributed by atoms with Crippen molar-refractivity contribution in [3.8, 4) is 0 Å². The summed E-state index contributed by atoms with van der Waals surface area (Å²) in [5.41, 5.74) is 4.60. The van der Waals surface area contributed by atoms with Gasteiger partial charge >= 0.3 is 6.18 Å². The first-order valence-corrected chi connectivity index (χ1v) is 7.11. The third kappa shape index (κ3) is 4.33. The summed E-state index contributed by atoms with van der Waals surface area (Å²) in [7, 11) is 0. The van der Waals surface area contributed by atoms with E-state index in [2.05, 4.69) is 0 Å². The summed E-state index contributed by atoms with van der Waals surface area (Å²) >= 11 is 0. The van der Waals surface area contributed by atoms with Gasteiger partial charge < -0.3 is 10.8 Å². The van der Waals surface area contributed by atoms with Gasteiger partial charge in [0.05, 0.1) is 17.7 Å². The number of alkyl halides is 3. The first kappa shape index (κ1) is 19.2. The Morgan fingerprint density at radius 3 is 2.27 bits per heavy atom. The normalized spacial score (nSPS) is 19.4. The van der Waals surface area contributed by atoms with Crippen molar-refractivity contribution in [3.05, 3.63) is 35.1 Å². The zero-order valence-corrected chi connectivity index (χ0v) is 12.8. The summed E-state index contributed by atoms with van der Waals surface area (Å²) in [6.07, 6.45) is -1.04. The van der Waals surface area contributed by atoms with E-state index >= 15 is 0 Å². The highest BCUT2D eigenvalue weighted by Gasteiger charge is 2.34. The van der Waals surface area contributed by atoms with Crippen molar-refractivity contribution in [1.82, 2.24) is 0 Å². The molecule has 0 amide bonds. The molecule has 0 aliphatic heterocycles. The fraction of sp³-hybridized carbons (Fsp3) is 0.600. The zero-order valence-electron chi connectivity index (χ0n) is 11.9. The topological polar surface area (TPSA) is 46.2 Å². The maximum atomic E-state index is 13.8. The van der Waals surface area contributed by atoms with Gasteiger partial charge in [-0.1, -0.05) is 19.3 Å². The zero-order chi connectivity index (χ0) is 15.6. The summed E-state index contributed by atoms with van der Waals surface area (Å²) < 4.78 is 51.9. The molecule has 2 atom stereocenters. The molecule has 126 valence electrons. The monoisotopic (exact) mass is 341 g/mol. The van der Waals surface area contributed by atoms with E-state index in [-0.39, 0.29) is 23.9 Å². The minimum Gasteiger partial charge on any atom is -0.391 e. The molecule has 7 heteroatoms. The summed E-state index contributed by atoms with van der Waals surface area (Å²) in [4.78, 5) is 0. The van der Waals surface area contributed by atoms with Crippen LogP contribution in [-0.2, 0) is 6.18 Å². The predicted octanol–water partition coefficient (Wildman–Crippen LogP) is 4.21. The van der Waals surface area contributed by atoms with Gasteiger partial charge in [0.25, 0.3) is 0 Å². The molecule has 0 unspecified atom stereocenters. The molecule has 0 aromatic heterocycles. The molecular weight excluding hydrogens is 322 g/mol. The molecule has 1 aromatic rings. The molecule has 0 saturated heterocycles. The Bertz CT molecular complexity index is 489. The highest BCUT2D eigenvalue weighted by molar-refractivity contribution is 5.85. The van der Waals surface area contributed by atoms with Crippen LogP contribution in [-0.4, -0.2) is 11.2 Å². The predicted molar refractivity (Wildman–Crippen MR) is 78.2 cm³/mol. The fourth-order valence-corrected chi connectivity index (χ4v) is 2.93. The van der Waals surface area contributed by atoms with E-state index in [0.29, 0.717) is 12.1 Å². The average molecular weight is 342 g/mol. The number of rotatable bonds is 3. The maximum Gasteiger partial charge on any atom is 0.416 e. The smallest absolute Gasteiger partial charge is 0.391 e. The van der Waals surface area contributed by atoms with Crippen molar-refractivity contribution in [1.29, 1.82) is 0 Å². The van der Waals surface area contributed by atoms with Crippen LogP contribution in [0.25, 0.3) is 0 Å². The van der Waals surface area contributed by atoms with E-state index in [9.17, 15) is 22.7 Å². The summed E-state index contributed by atoms with van der Waals surface area (Å²) in [6, 6.07) is 0.992. The molecule has 0 heterocycles. The Morgan fingerprint density at radius 1 is 1.14 bits per heavy atom. The van der Waals surface area contributed by atoms with Gasteiger partial charge in [0.2, 0.25) is 0 Å². The van der Waals surface area contributed by atoms with Gasteiger partial charge in [0.15, 0.2) is 0 Å². The third-order valence-corrected chi connectivity index (χ3v) is 4.18. The number of halogens is 5. The lowest BCUT2D eigenvalue weighted by Gasteiger charge is -2.31. The van der Waals surface area contributed by atoms with Crippen molar-refractivity contribution in [2.75, 3.05) is 0 Å². The molecule has 22 heavy (non-hydrogen) atoms. The van der Waals surface area contributed by atoms with Crippen LogP contribution in [0.1, 0.15) is 49.3 Å². The Labute approximate surface area is 133 Å². The minimum absolute atomic E-state index is 0. The number of aliphatic hydroxyl groups is 1. The van der Waals surface area contributed by atoms with E-state index in [1.54, 1.807) is 0 Å². The molecule has 3 N–H and O–H groups in total. The fourth-order valence-electron chi connectivity index (χ4n) is 2.93. The van der Waals surface area contributed by atoms with E-state index in [4.69, 9.17) is 5.73 Å². The van der Waals surface area contributed by atoms with Gasteiger partial charge in [-0.05, 0) is 37.0 Å². The van der Waals surface area contributed by atoms with Gasteiger partial charge in [-0.2, -0.15) is 13.2 Å². The quantitative estimate of drug-likeness (QED) is 0.809. The summed E-state index contributed by atoms with van der Waals surface area (Å²) in [5.74, 6) is -0.895. The Morgan fingerprint density at radius 2 is 1.73 bits per heavy atom. The van der Waals surface area contributed by atoms with Crippen LogP contribution >= 0.6 is 12.4 Å². The first-order chi connectivity index (χ1) is 9.80. The molecule has 1 saturated carbocycles. The van der Waals surface area contributed by atoms with E-state index in [1.165, 1.54) is 0 Å². The second-order valence-corrected chi connectivity index (χ2v) is 5.65. The first-order valence-electron chi connectivity index (χ1n) is 7.11. The van der Waals surface area contributed by atoms with Crippen molar-refractivity contribution in [2.24, 2.45) is 11.7 Å². The highest BCUT2D eigenvalue weighted by atomic mass is 35.5. The SMILES string of the molecule is Cl.N[C@H](c1cc(C(F)(F)F)ccc1F)[C@@H](O)C1CCCCC1. The molecule has 0 radical (unpaired) electrons. The van der Waals surface area contributed by atoms with Crippen molar-refractivity contribution < 1.29 is 22.7 Å². The second-order valence-electron chi connectivity index (χ2n) is 5.65. The summed E-state index contributed by atoms with van der Waals surface area (Å²) in [6.45, 7) is 0. The van der Waals surface area contributed by atoms with Crippen LogP contribution < -0.4 is 5.73 Å². The number of hydrogen-bond acceptors (Lipinski definition) is 2. The van der Waals surface area contributed by atoms with Crippen molar-refractivity contribution in [2.45, 2.75) is 50.4 Å². The van der Waals surface area contributed by atoms with Gasteiger partial charge in [-0.15, -0.1) is 12.4 Å². The van der Waals surface area contributed by atoms with Crippen LogP contribution in [0.5, 0.6) is 0 Å². The number of nitrogens with two attached hydrogens (primary N) is 1. The average Bonchev–Trinajstić information content (AvgIpc) is 2.46. The lowest BCUT2D eigenvalue weighted by Crippen LogP contribution is -2.35. The van der Waals surface area contributed by atoms with Gasteiger partial charge in [-0.25, -0.2) is 4.39 Å². The molecule has 1 aromatic carbocycles. The van der Waals surface area contributed by atoms with E-state index in [0.717, 1.165) is 38.2 Å². The Balaban J connectivity index is 0.00000242. The largest absolute Gasteiger partial charge is 0.416 e. The van der Waals surface area contributed by atoms with Crippen LogP contribution in [0, 0.1) is 11.7 Å². The van der Waals surface area contributed by atoms with E-state index in [1.807, 2.05) is 0 Å². The minimum atomic E-state index is -4.56. The third-order valence-electron chi connectivity index (χ3n) is 4.18. The number of benzene rings is 1. The molecule has 1 aliphatic rings. The molecule has 1 aliphatic carbocycles. The number of aliphatic hydroxyl groups excluding tert-OH is 1. The Kier molecular flexibility index (Phi) is 6.65.